The molecule has 0 aliphatic heterocycles. The second-order valence-corrected chi connectivity index (χ2v) is 13.4. The lowest BCUT2D eigenvalue weighted by atomic mass is 10.0. The highest BCUT2D eigenvalue weighted by Crippen LogP contribution is 2.24. The summed E-state index contributed by atoms with van der Waals surface area (Å²) in [4.78, 5) is 29.2. The van der Waals surface area contributed by atoms with E-state index in [0.717, 1.165) is 31.7 Å². The van der Waals surface area contributed by atoms with E-state index in [9.17, 15) is 18.0 Å². The van der Waals surface area contributed by atoms with Crippen LogP contribution in [0.15, 0.2) is 83.3 Å². The average Bonchev–Trinajstić information content (AvgIpc) is 2.88. The summed E-state index contributed by atoms with van der Waals surface area (Å²) in [5, 5.41) is 2.95. The summed E-state index contributed by atoms with van der Waals surface area (Å²) in [7, 11) is -3.81. The molecule has 214 valence electrons. The molecule has 0 saturated carbocycles. The summed E-state index contributed by atoms with van der Waals surface area (Å²) in [5.41, 5.74) is 3.16. The fourth-order valence-corrected chi connectivity index (χ4v) is 5.70. The number of anilines is 1. The minimum atomic E-state index is -3.81. The highest BCUT2D eigenvalue weighted by Gasteiger charge is 2.33. The smallest absolute Gasteiger partial charge is 0.244 e. The molecule has 1 atom stereocenters. The van der Waals surface area contributed by atoms with Crippen LogP contribution in [0.2, 0.25) is 0 Å². The maximum atomic E-state index is 14.1. The van der Waals surface area contributed by atoms with Crippen LogP contribution in [-0.4, -0.2) is 50.0 Å². The zero-order chi connectivity index (χ0) is 29.4. The van der Waals surface area contributed by atoms with Gasteiger partial charge < -0.3 is 10.2 Å². The van der Waals surface area contributed by atoms with E-state index in [-0.39, 0.29) is 30.8 Å². The highest BCUT2D eigenvalue weighted by molar-refractivity contribution is 9.10. The van der Waals surface area contributed by atoms with Crippen molar-refractivity contribution >= 4 is 43.5 Å². The summed E-state index contributed by atoms with van der Waals surface area (Å²) < 4.78 is 27.8. The number of benzene rings is 3. The number of hydrogen-bond acceptors (Lipinski definition) is 4. The lowest BCUT2D eigenvalue weighted by Gasteiger charge is -2.34. The summed E-state index contributed by atoms with van der Waals surface area (Å²) in [6.07, 6.45) is 1.36. The maximum Gasteiger partial charge on any atom is 0.244 e. The van der Waals surface area contributed by atoms with Crippen molar-refractivity contribution in [2.24, 2.45) is 0 Å². The van der Waals surface area contributed by atoms with Gasteiger partial charge in [0, 0.05) is 23.5 Å². The Kier molecular flexibility index (Phi) is 10.9. The van der Waals surface area contributed by atoms with Gasteiger partial charge >= 0.3 is 0 Å². The second-order valence-electron chi connectivity index (χ2n) is 10.5. The van der Waals surface area contributed by atoms with Gasteiger partial charge in [-0.15, -0.1) is 0 Å². The van der Waals surface area contributed by atoms with Crippen LogP contribution in [-0.2, 0) is 32.6 Å². The first-order valence-corrected chi connectivity index (χ1v) is 15.9. The number of nitrogens with zero attached hydrogens (tertiary/aromatic N) is 2. The van der Waals surface area contributed by atoms with Crippen LogP contribution in [0.3, 0.4) is 0 Å². The van der Waals surface area contributed by atoms with Gasteiger partial charge in [-0.25, -0.2) is 8.42 Å². The second kappa shape index (κ2) is 13.9. The van der Waals surface area contributed by atoms with Gasteiger partial charge in [0.1, 0.15) is 12.6 Å². The van der Waals surface area contributed by atoms with Crippen molar-refractivity contribution in [3.63, 3.8) is 0 Å². The monoisotopic (exact) mass is 627 g/mol. The molecule has 0 spiro atoms. The SMILES string of the molecule is CC(C)NC(=O)[C@H](Cc1ccccc1)N(Cc1cccc(Br)c1)C(=O)CN(c1ccc(C(C)C)cc1)S(C)(=O)=O. The van der Waals surface area contributed by atoms with E-state index in [1.165, 1.54) is 4.90 Å². The predicted molar refractivity (Wildman–Crippen MR) is 165 cm³/mol. The molecular weight excluding hydrogens is 590 g/mol. The van der Waals surface area contributed by atoms with E-state index in [2.05, 4.69) is 35.1 Å². The van der Waals surface area contributed by atoms with Crippen LogP contribution in [0.5, 0.6) is 0 Å². The van der Waals surface area contributed by atoms with Crippen LogP contribution in [0.4, 0.5) is 5.69 Å². The maximum absolute atomic E-state index is 14.1. The normalized spacial score (nSPS) is 12.3. The fourth-order valence-electron chi connectivity index (χ4n) is 4.41. The van der Waals surface area contributed by atoms with Gasteiger partial charge in [0.2, 0.25) is 21.8 Å². The Morgan fingerprint density at radius 1 is 0.875 bits per heavy atom. The molecule has 3 aromatic rings. The lowest BCUT2D eigenvalue weighted by Crippen LogP contribution is -2.54. The molecule has 0 bridgehead atoms. The lowest BCUT2D eigenvalue weighted by molar-refractivity contribution is -0.140. The quantitative estimate of drug-likeness (QED) is 0.287. The molecule has 0 heterocycles. The van der Waals surface area contributed by atoms with Crippen molar-refractivity contribution in [3.05, 3.63) is 100 Å². The molecule has 0 aromatic heterocycles. The molecular formula is C31H38BrN3O4S. The Morgan fingerprint density at radius 2 is 1.50 bits per heavy atom. The molecule has 3 rings (SSSR count). The number of hydrogen-bond donors (Lipinski definition) is 1. The van der Waals surface area contributed by atoms with Crippen molar-refractivity contribution in [1.82, 2.24) is 10.2 Å². The third-order valence-electron chi connectivity index (χ3n) is 6.47. The molecule has 0 radical (unpaired) electrons. The van der Waals surface area contributed by atoms with Crippen LogP contribution < -0.4 is 9.62 Å². The third-order valence-corrected chi connectivity index (χ3v) is 8.10. The van der Waals surface area contributed by atoms with Gasteiger partial charge in [0.15, 0.2) is 0 Å². The molecule has 7 nitrogen and oxygen atoms in total. The Hall–Kier alpha value is -3.17. The summed E-state index contributed by atoms with van der Waals surface area (Å²) in [6, 6.07) is 23.2. The van der Waals surface area contributed by atoms with Gasteiger partial charge in [0.05, 0.1) is 11.9 Å². The standard InChI is InChI=1S/C31H38BrN3O4S/c1-22(2)26-14-16-28(17-15-26)35(40(5,38)39)21-30(36)34(20-25-12-9-13-27(32)18-25)29(31(37)33-23(3)4)19-24-10-7-6-8-11-24/h6-18,22-23,29H,19-21H2,1-5H3,(H,33,37)/t29-/m0/s1. The van der Waals surface area contributed by atoms with Crippen molar-refractivity contribution in [1.29, 1.82) is 0 Å². The molecule has 0 saturated heterocycles. The van der Waals surface area contributed by atoms with Crippen LogP contribution in [0.25, 0.3) is 0 Å². The molecule has 0 unspecified atom stereocenters. The Labute approximate surface area is 246 Å². The summed E-state index contributed by atoms with van der Waals surface area (Å²) in [5.74, 6) is -0.492. The van der Waals surface area contributed by atoms with E-state index >= 15 is 0 Å². The molecule has 40 heavy (non-hydrogen) atoms. The summed E-state index contributed by atoms with van der Waals surface area (Å²) in [6.45, 7) is 7.54. The van der Waals surface area contributed by atoms with E-state index in [0.29, 0.717) is 5.69 Å². The topological polar surface area (TPSA) is 86.8 Å². The molecule has 0 aliphatic carbocycles. The van der Waals surface area contributed by atoms with E-state index < -0.39 is 28.5 Å². The van der Waals surface area contributed by atoms with E-state index in [4.69, 9.17) is 0 Å². The minimum absolute atomic E-state index is 0.130. The Morgan fingerprint density at radius 3 is 2.05 bits per heavy atom. The molecule has 2 amide bonds. The van der Waals surface area contributed by atoms with Gasteiger partial charge in [-0.2, -0.15) is 0 Å². The number of sulfonamides is 1. The third kappa shape index (κ3) is 8.93. The molecule has 0 aliphatic rings. The van der Waals surface area contributed by atoms with Gasteiger partial charge in [-0.3, -0.25) is 13.9 Å². The number of nitrogens with one attached hydrogen (secondary N) is 1. The predicted octanol–water partition coefficient (Wildman–Crippen LogP) is 5.50. The van der Waals surface area contributed by atoms with Gasteiger partial charge in [-0.1, -0.05) is 84.4 Å². The minimum Gasteiger partial charge on any atom is -0.352 e. The number of halogens is 1. The van der Waals surface area contributed by atoms with Crippen molar-refractivity contribution in [2.45, 2.75) is 58.7 Å². The number of amides is 2. The van der Waals surface area contributed by atoms with Crippen molar-refractivity contribution in [2.75, 3.05) is 17.1 Å². The molecule has 3 aromatic carbocycles. The van der Waals surface area contributed by atoms with Crippen LogP contribution >= 0.6 is 15.9 Å². The van der Waals surface area contributed by atoms with Crippen molar-refractivity contribution in [3.8, 4) is 0 Å². The average molecular weight is 629 g/mol. The molecule has 9 heteroatoms. The highest BCUT2D eigenvalue weighted by atomic mass is 79.9. The van der Waals surface area contributed by atoms with Gasteiger partial charge in [-0.05, 0) is 60.7 Å². The van der Waals surface area contributed by atoms with Crippen LogP contribution in [0, 0.1) is 0 Å². The first kappa shape index (κ1) is 31.4. The number of carbonyl (C=O) groups excluding carboxylic acids is 2. The molecule has 1 N–H and O–H groups in total. The number of carbonyl (C=O) groups is 2. The fraction of sp³-hybridized carbons (Fsp3) is 0.355. The molecule has 0 fully saturated rings. The Balaban J connectivity index is 2.04. The van der Waals surface area contributed by atoms with Gasteiger partial charge in [0.25, 0.3) is 0 Å². The van der Waals surface area contributed by atoms with E-state index in [1.807, 2.05) is 80.6 Å². The Bertz CT molecular complexity index is 1390. The zero-order valence-corrected chi connectivity index (χ0v) is 26.1. The van der Waals surface area contributed by atoms with Crippen LogP contribution in [0.1, 0.15) is 50.3 Å². The van der Waals surface area contributed by atoms with Crippen molar-refractivity contribution < 1.29 is 18.0 Å². The van der Waals surface area contributed by atoms with E-state index in [1.54, 1.807) is 12.1 Å². The zero-order valence-electron chi connectivity index (χ0n) is 23.7. The first-order chi connectivity index (χ1) is 18.8. The largest absolute Gasteiger partial charge is 0.352 e. The summed E-state index contributed by atoms with van der Waals surface area (Å²) >= 11 is 3.48. The number of rotatable bonds is 12. The first-order valence-electron chi connectivity index (χ1n) is 13.3.